The highest BCUT2D eigenvalue weighted by atomic mass is 32.2. The number of hydrogen-bond acceptors (Lipinski definition) is 6. The van der Waals surface area contributed by atoms with Crippen LogP contribution >= 0.6 is 22.7 Å². The Bertz CT molecular complexity index is 1120. The van der Waals surface area contributed by atoms with Crippen LogP contribution in [0.25, 0.3) is 10.2 Å². The van der Waals surface area contributed by atoms with Crippen molar-refractivity contribution in [2.75, 3.05) is 7.11 Å². The van der Waals surface area contributed by atoms with Gasteiger partial charge in [0.15, 0.2) is 5.82 Å². The first kappa shape index (κ1) is 17.7. The molecule has 0 aliphatic carbocycles. The molecule has 132 valence electrons. The van der Waals surface area contributed by atoms with Gasteiger partial charge in [0, 0.05) is 6.07 Å². The van der Waals surface area contributed by atoms with Gasteiger partial charge >= 0.3 is 5.97 Å². The number of methoxy groups -OCH3 is 1. The lowest BCUT2D eigenvalue weighted by molar-refractivity contribution is -0.141. The van der Waals surface area contributed by atoms with E-state index in [1.165, 1.54) is 6.07 Å². The van der Waals surface area contributed by atoms with Crippen LogP contribution in [0.5, 0.6) is 0 Å². The van der Waals surface area contributed by atoms with E-state index < -0.39 is 34.2 Å². The Morgan fingerprint density at radius 2 is 2.12 bits per heavy atom. The van der Waals surface area contributed by atoms with E-state index >= 15 is 0 Å². The van der Waals surface area contributed by atoms with Crippen molar-refractivity contribution in [2.24, 2.45) is 4.40 Å². The number of rotatable bonds is 4. The van der Waals surface area contributed by atoms with Crippen molar-refractivity contribution >= 4 is 48.9 Å². The number of esters is 1. The first-order valence-electron chi connectivity index (χ1n) is 6.71. The van der Waals surface area contributed by atoms with Crippen LogP contribution in [0.3, 0.4) is 0 Å². The Balaban J connectivity index is 2.30. The van der Waals surface area contributed by atoms with Gasteiger partial charge < -0.3 is 9.30 Å². The van der Waals surface area contributed by atoms with Crippen molar-refractivity contribution in [3.05, 3.63) is 46.1 Å². The first-order chi connectivity index (χ1) is 11.8. The van der Waals surface area contributed by atoms with E-state index in [0.29, 0.717) is 6.07 Å². The lowest BCUT2D eigenvalue weighted by Crippen LogP contribution is -2.22. The van der Waals surface area contributed by atoms with Crippen LogP contribution in [0, 0.1) is 11.6 Å². The third kappa shape index (κ3) is 3.48. The Morgan fingerprint density at radius 3 is 2.76 bits per heavy atom. The van der Waals surface area contributed by atoms with Crippen LogP contribution in [0.4, 0.5) is 8.78 Å². The number of thiazole rings is 1. The van der Waals surface area contributed by atoms with Crippen molar-refractivity contribution in [3.8, 4) is 0 Å². The van der Waals surface area contributed by atoms with Crippen LogP contribution < -0.4 is 4.80 Å². The molecular weight excluding hydrogens is 394 g/mol. The van der Waals surface area contributed by atoms with Crippen molar-refractivity contribution in [2.45, 2.75) is 10.8 Å². The fourth-order valence-electron chi connectivity index (χ4n) is 2.10. The van der Waals surface area contributed by atoms with Gasteiger partial charge in [0.1, 0.15) is 16.6 Å². The summed E-state index contributed by atoms with van der Waals surface area (Å²) in [7, 11) is -2.90. The summed E-state index contributed by atoms with van der Waals surface area (Å²) in [5.74, 6) is -2.47. The SMILES string of the molecule is COC(=O)Cn1c(=NS(=O)(=O)c2cccs2)sc2cc(F)cc(F)c21. The normalized spacial score (nSPS) is 12.7. The topological polar surface area (TPSA) is 77.7 Å². The molecule has 0 atom stereocenters. The lowest BCUT2D eigenvalue weighted by atomic mass is 10.3. The molecule has 0 fully saturated rings. The molecule has 2 heterocycles. The van der Waals surface area contributed by atoms with Crippen LogP contribution in [0.1, 0.15) is 0 Å². The maximum atomic E-state index is 14.2. The zero-order chi connectivity index (χ0) is 18.2. The Morgan fingerprint density at radius 1 is 1.36 bits per heavy atom. The van der Waals surface area contributed by atoms with E-state index in [9.17, 15) is 22.0 Å². The van der Waals surface area contributed by atoms with E-state index in [2.05, 4.69) is 9.13 Å². The number of carbonyl (C=O) groups excluding carboxylic acids is 1. The van der Waals surface area contributed by atoms with Gasteiger partial charge in [-0.25, -0.2) is 8.78 Å². The first-order valence-corrected chi connectivity index (χ1v) is 9.85. The van der Waals surface area contributed by atoms with E-state index in [0.717, 1.165) is 40.4 Å². The minimum atomic E-state index is -4.04. The van der Waals surface area contributed by atoms with Crippen LogP contribution in [0.15, 0.2) is 38.3 Å². The van der Waals surface area contributed by atoms with Crippen LogP contribution in [-0.2, 0) is 26.1 Å². The van der Waals surface area contributed by atoms with E-state index in [4.69, 9.17) is 0 Å². The molecule has 0 radical (unpaired) electrons. The molecule has 0 aliphatic rings. The maximum Gasteiger partial charge on any atom is 0.325 e. The number of hydrogen-bond donors (Lipinski definition) is 0. The molecule has 0 aliphatic heterocycles. The maximum absolute atomic E-state index is 14.2. The van der Waals surface area contributed by atoms with E-state index in [-0.39, 0.29) is 19.2 Å². The monoisotopic (exact) mass is 404 g/mol. The number of ether oxygens (including phenoxy) is 1. The van der Waals surface area contributed by atoms with Gasteiger partial charge in [-0.1, -0.05) is 17.4 Å². The van der Waals surface area contributed by atoms with E-state index in [1.807, 2.05) is 0 Å². The zero-order valence-corrected chi connectivity index (χ0v) is 15.1. The number of sulfonamides is 1. The standard InChI is InChI=1S/C14H10F2N2O4S3/c1-22-11(19)7-18-13-9(16)5-8(15)6-10(13)24-14(18)17-25(20,21)12-3-2-4-23-12/h2-6H,7H2,1H3. The molecule has 1 aromatic carbocycles. The molecule has 0 N–H and O–H groups in total. The third-order valence-corrected chi connectivity index (χ3v) is 6.94. The number of aromatic nitrogens is 1. The van der Waals surface area contributed by atoms with Crippen molar-refractivity contribution < 1.29 is 26.7 Å². The molecule has 3 rings (SSSR count). The predicted octanol–water partition coefficient (Wildman–Crippen LogP) is 2.51. The number of thiophene rings is 1. The van der Waals surface area contributed by atoms with Gasteiger partial charge in [0.25, 0.3) is 10.0 Å². The van der Waals surface area contributed by atoms with Crippen molar-refractivity contribution in [1.82, 2.24) is 4.57 Å². The summed E-state index contributed by atoms with van der Waals surface area (Å²) in [6.45, 7) is -0.460. The molecule has 6 nitrogen and oxygen atoms in total. The van der Waals surface area contributed by atoms with E-state index in [1.54, 1.807) is 11.4 Å². The summed E-state index contributed by atoms with van der Waals surface area (Å²) in [4.78, 5) is 11.5. The molecule has 25 heavy (non-hydrogen) atoms. The Hall–Kier alpha value is -2.11. The minimum absolute atomic E-state index is 0.00114. The minimum Gasteiger partial charge on any atom is -0.468 e. The fraction of sp³-hybridized carbons (Fsp3) is 0.143. The molecule has 0 saturated heterocycles. The second-order valence-electron chi connectivity index (χ2n) is 4.78. The van der Waals surface area contributed by atoms with Gasteiger partial charge in [-0.3, -0.25) is 4.79 Å². The molecule has 11 heteroatoms. The molecule has 0 amide bonds. The van der Waals surface area contributed by atoms with Gasteiger partial charge in [-0.2, -0.15) is 8.42 Å². The fourth-order valence-corrected chi connectivity index (χ4v) is 5.34. The van der Waals surface area contributed by atoms with Gasteiger partial charge in [0.05, 0.1) is 17.3 Å². The molecule has 2 aromatic heterocycles. The highest BCUT2D eigenvalue weighted by molar-refractivity contribution is 7.92. The average molecular weight is 404 g/mol. The van der Waals surface area contributed by atoms with Crippen LogP contribution in [0.2, 0.25) is 0 Å². The van der Waals surface area contributed by atoms with Crippen molar-refractivity contribution in [1.29, 1.82) is 0 Å². The number of fused-ring (bicyclic) bond motifs is 1. The smallest absolute Gasteiger partial charge is 0.325 e. The lowest BCUT2D eigenvalue weighted by Gasteiger charge is -2.04. The van der Waals surface area contributed by atoms with Gasteiger partial charge in [-0.15, -0.1) is 15.7 Å². The number of benzene rings is 1. The molecule has 0 spiro atoms. The number of carbonyl (C=O) groups is 1. The highest BCUT2D eigenvalue weighted by Crippen LogP contribution is 2.24. The second kappa shape index (κ2) is 6.65. The van der Waals surface area contributed by atoms with Gasteiger partial charge in [-0.05, 0) is 17.5 Å². The molecule has 0 saturated carbocycles. The Labute approximate surface area is 148 Å². The molecule has 3 aromatic rings. The average Bonchev–Trinajstić information content (AvgIpc) is 3.16. The molecular formula is C14H10F2N2O4S3. The summed E-state index contributed by atoms with van der Waals surface area (Å²) >= 11 is 1.74. The second-order valence-corrected chi connectivity index (χ2v) is 8.57. The molecule has 0 unspecified atom stereocenters. The van der Waals surface area contributed by atoms with Crippen LogP contribution in [-0.4, -0.2) is 26.1 Å². The number of halogens is 2. The molecule has 0 bridgehead atoms. The highest BCUT2D eigenvalue weighted by Gasteiger charge is 2.19. The quantitative estimate of drug-likeness (QED) is 0.626. The summed E-state index contributed by atoms with van der Waals surface area (Å²) < 4.78 is 61.8. The number of nitrogens with zero attached hydrogens (tertiary/aromatic N) is 2. The van der Waals surface area contributed by atoms with Gasteiger partial charge in [0.2, 0.25) is 4.80 Å². The van der Waals surface area contributed by atoms with Crippen molar-refractivity contribution in [3.63, 3.8) is 0 Å². The largest absolute Gasteiger partial charge is 0.468 e. The predicted molar refractivity (Wildman–Crippen MR) is 88.8 cm³/mol. The summed E-state index contributed by atoms with van der Waals surface area (Å²) in [5.41, 5.74) is -0.114. The zero-order valence-electron chi connectivity index (χ0n) is 12.6. The summed E-state index contributed by atoms with van der Waals surface area (Å²) in [6.07, 6.45) is 0. The summed E-state index contributed by atoms with van der Waals surface area (Å²) in [5, 5.41) is 1.57. The third-order valence-electron chi connectivity index (χ3n) is 3.16. The Kier molecular flexibility index (Phi) is 4.71. The summed E-state index contributed by atoms with van der Waals surface area (Å²) in [6, 6.07) is 4.63.